The summed E-state index contributed by atoms with van der Waals surface area (Å²) < 4.78 is 0. The number of rotatable bonds is 0. The molecule has 1 aliphatic heterocycles. The number of thioether (sulfide) groups is 1. The van der Waals surface area contributed by atoms with Crippen LogP contribution in [0.4, 0.5) is 0 Å². The van der Waals surface area contributed by atoms with Crippen molar-refractivity contribution < 1.29 is 20.4 Å². The molecule has 1 aliphatic carbocycles. The van der Waals surface area contributed by atoms with E-state index >= 15 is 0 Å². The maximum absolute atomic E-state index is 11.0. The largest absolute Gasteiger partial charge is 0.508 e. The predicted molar refractivity (Wildman–Crippen MR) is 79.1 cm³/mol. The topological polar surface area (TPSA) is 80.9 Å². The Morgan fingerprint density at radius 1 is 1.00 bits per heavy atom. The molecule has 2 atom stereocenters. The minimum atomic E-state index is -0.919. The molecule has 0 saturated carbocycles. The lowest BCUT2D eigenvalue weighted by molar-refractivity contribution is 0.0575. The van der Waals surface area contributed by atoms with E-state index in [1.54, 1.807) is 18.2 Å². The summed E-state index contributed by atoms with van der Waals surface area (Å²) in [6, 6.07) is 8.22. The van der Waals surface area contributed by atoms with E-state index in [0.29, 0.717) is 12.2 Å². The SMILES string of the molecule is Oc1ccc2c(c1)SC[C@]1(O)Cc3cc(O)c(O)cc3[C@H]21. The fourth-order valence-electron chi connectivity index (χ4n) is 3.46. The van der Waals surface area contributed by atoms with Crippen LogP contribution in [0.1, 0.15) is 22.6 Å². The van der Waals surface area contributed by atoms with Crippen LogP contribution in [0.3, 0.4) is 0 Å². The standard InChI is InChI=1S/C16H14O4S/c17-9-1-2-10-14(4-9)21-7-16(20)6-8-3-12(18)13(19)5-11(8)15(10)16/h1-5,15,17-20H,6-7H2/t15-,16+/m0/s1. The van der Waals surface area contributed by atoms with Gasteiger partial charge in [0.25, 0.3) is 0 Å². The lowest BCUT2D eigenvalue weighted by Gasteiger charge is -2.36. The molecular formula is C16H14O4S. The second-order valence-electron chi connectivity index (χ2n) is 5.76. The average molecular weight is 302 g/mol. The van der Waals surface area contributed by atoms with Crippen molar-refractivity contribution in [3.8, 4) is 17.2 Å². The molecule has 21 heavy (non-hydrogen) atoms. The molecule has 0 amide bonds. The molecule has 1 heterocycles. The van der Waals surface area contributed by atoms with Gasteiger partial charge in [0.1, 0.15) is 5.75 Å². The molecule has 2 aliphatic rings. The van der Waals surface area contributed by atoms with Crippen molar-refractivity contribution in [1.82, 2.24) is 0 Å². The summed E-state index contributed by atoms with van der Waals surface area (Å²) in [4.78, 5) is 0.949. The molecule has 0 spiro atoms. The maximum Gasteiger partial charge on any atom is 0.157 e. The fourth-order valence-corrected chi connectivity index (χ4v) is 4.69. The molecule has 4 N–H and O–H groups in total. The second-order valence-corrected chi connectivity index (χ2v) is 6.78. The van der Waals surface area contributed by atoms with E-state index in [9.17, 15) is 20.4 Å². The summed E-state index contributed by atoms with van der Waals surface area (Å²) in [5.74, 6) is 0.157. The second kappa shape index (κ2) is 4.08. The van der Waals surface area contributed by atoms with E-state index in [-0.39, 0.29) is 23.2 Å². The van der Waals surface area contributed by atoms with Gasteiger partial charge in [-0.15, -0.1) is 11.8 Å². The van der Waals surface area contributed by atoms with Gasteiger partial charge in [0, 0.05) is 23.0 Å². The zero-order chi connectivity index (χ0) is 14.8. The maximum atomic E-state index is 11.0. The summed E-state index contributed by atoms with van der Waals surface area (Å²) in [6.07, 6.45) is 0.453. The van der Waals surface area contributed by atoms with E-state index in [1.165, 1.54) is 17.8 Å². The Morgan fingerprint density at radius 3 is 2.57 bits per heavy atom. The van der Waals surface area contributed by atoms with Crippen LogP contribution in [0.15, 0.2) is 35.2 Å². The van der Waals surface area contributed by atoms with Crippen molar-refractivity contribution in [2.75, 3.05) is 5.75 Å². The highest BCUT2D eigenvalue weighted by molar-refractivity contribution is 7.99. The Labute approximate surface area is 125 Å². The molecule has 5 heteroatoms. The molecule has 2 aromatic rings. The van der Waals surface area contributed by atoms with Gasteiger partial charge in [-0.3, -0.25) is 0 Å². The van der Waals surface area contributed by atoms with Gasteiger partial charge in [-0.2, -0.15) is 0 Å². The number of hydrogen-bond donors (Lipinski definition) is 4. The van der Waals surface area contributed by atoms with Crippen molar-refractivity contribution in [3.63, 3.8) is 0 Å². The molecule has 4 rings (SSSR count). The first-order valence-corrected chi connectivity index (χ1v) is 7.69. The zero-order valence-electron chi connectivity index (χ0n) is 11.1. The fraction of sp³-hybridized carbons (Fsp3) is 0.250. The Morgan fingerprint density at radius 2 is 1.76 bits per heavy atom. The Hall–Kier alpha value is -1.85. The number of benzene rings is 2. The molecule has 4 nitrogen and oxygen atoms in total. The minimum absolute atomic E-state index is 0.158. The first-order chi connectivity index (χ1) is 9.98. The van der Waals surface area contributed by atoms with Crippen LogP contribution >= 0.6 is 11.8 Å². The Bertz CT molecular complexity index is 758. The number of aliphatic hydroxyl groups is 1. The molecule has 0 radical (unpaired) electrons. The molecule has 0 aromatic heterocycles. The summed E-state index contributed by atoms with van der Waals surface area (Å²) in [5.41, 5.74) is 1.74. The van der Waals surface area contributed by atoms with Crippen LogP contribution in [0.2, 0.25) is 0 Å². The summed E-state index contributed by atoms with van der Waals surface area (Å²) in [6.45, 7) is 0. The summed E-state index contributed by atoms with van der Waals surface area (Å²) in [5, 5.41) is 40.0. The van der Waals surface area contributed by atoms with Gasteiger partial charge < -0.3 is 20.4 Å². The van der Waals surface area contributed by atoms with Gasteiger partial charge >= 0.3 is 0 Å². The van der Waals surface area contributed by atoms with Crippen LogP contribution in [-0.2, 0) is 6.42 Å². The average Bonchev–Trinajstić information content (AvgIpc) is 2.71. The molecule has 2 aromatic carbocycles. The third-order valence-corrected chi connectivity index (χ3v) is 5.68. The van der Waals surface area contributed by atoms with Crippen molar-refractivity contribution in [3.05, 3.63) is 47.0 Å². The number of hydrogen-bond acceptors (Lipinski definition) is 5. The van der Waals surface area contributed by atoms with Crippen LogP contribution < -0.4 is 0 Å². The normalized spacial score (nSPS) is 26.0. The highest BCUT2D eigenvalue weighted by Crippen LogP contribution is 2.54. The Balaban J connectivity index is 1.95. The molecule has 108 valence electrons. The van der Waals surface area contributed by atoms with E-state index in [0.717, 1.165) is 21.6 Å². The van der Waals surface area contributed by atoms with Crippen LogP contribution in [0.5, 0.6) is 17.2 Å². The molecule has 0 saturated heterocycles. The lowest BCUT2D eigenvalue weighted by Crippen LogP contribution is -2.39. The molecular weight excluding hydrogens is 288 g/mol. The molecule has 0 bridgehead atoms. The van der Waals surface area contributed by atoms with Crippen LogP contribution in [0.25, 0.3) is 0 Å². The lowest BCUT2D eigenvalue weighted by atomic mass is 9.83. The number of aromatic hydroxyl groups is 3. The third kappa shape index (κ3) is 1.74. The Kier molecular flexibility index (Phi) is 2.50. The number of fused-ring (bicyclic) bond motifs is 5. The van der Waals surface area contributed by atoms with Crippen LogP contribution in [-0.4, -0.2) is 31.8 Å². The first-order valence-electron chi connectivity index (χ1n) is 6.71. The third-order valence-electron chi connectivity index (χ3n) is 4.37. The smallest absolute Gasteiger partial charge is 0.157 e. The van der Waals surface area contributed by atoms with Crippen molar-refractivity contribution in [2.24, 2.45) is 0 Å². The van der Waals surface area contributed by atoms with Crippen molar-refractivity contribution in [1.29, 1.82) is 0 Å². The van der Waals surface area contributed by atoms with Crippen LogP contribution in [0, 0.1) is 0 Å². The zero-order valence-corrected chi connectivity index (χ0v) is 11.9. The molecule has 0 fully saturated rings. The summed E-state index contributed by atoms with van der Waals surface area (Å²) in [7, 11) is 0. The minimum Gasteiger partial charge on any atom is -0.508 e. The number of phenolic OH excluding ortho intramolecular Hbond substituents is 3. The highest BCUT2D eigenvalue weighted by Gasteiger charge is 2.49. The van der Waals surface area contributed by atoms with Gasteiger partial charge in [-0.05, 0) is 41.0 Å². The van der Waals surface area contributed by atoms with E-state index in [2.05, 4.69) is 0 Å². The van der Waals surface area contributed by atoms with Gasteiger partial charge in [0.15, 0.2) is 11.5 Å². The summed E-state index contributed by atoms with van der Waals surface area (Å²) >= 11 is 1.52. The van der Waals surface area contributed by atoms with Crippen molar-refractivity contribution >= 4 is 11.8 Å². The van der Waals surface area contributed by atoms with Gasteiger partial charge in [-0.1, -0.05) is 6.07 Å². The van der Waals surface area contributed by atoms with E-state index in [1.807, 2.05) is 6.07 Å². The van der Waals surface area contributed by atoms with Crippen molar-refractivity contribution in [2.45, 2.75) is 22.8 Å². The van der Waals surface area contributed by atoms with E-state index < -0.39 is 5.60 Å². The van der Waals surface area contributed by atoms with Gasteiger partial charge in [-0.25, -0.2) is 0 Å². The monoisotopic (exact) mass is 302 g/mol. The first kappa shape index (κ1) is 12.9. The quantitative estimate of drug-likeness (QED) is 0.562. The molecule has 0 unspecified atom stereocenters. The predicted octanol–water partition coefficient (Wildman–Crippen LogP) is 2.33. The van der Waals surface area contributed by atoms with Gasteiger partial charge in [0.05, 0.1) is 5.60 Å². The van der Waals surface area contributed by atoms with E-state index in [4.69, 9.17) is 0 Å². The highest BCUT2D eigenvalue weighted by atomic mass is 32.2. The van der Waals surface area contributed by atoms with Gasteiger partial charge in [0.2, 0.25) is 0 Å². The number of phenols is 3.